The van der Waals surface area contributed by atoms with Crippen LogP contribution in [0.5, 0.6) is 5.75 Å². The van der Waals surface area contributed by atoms with Crippen LogP contribution >= 0.6 is 0 Å². The number of benzene rings is 3. The van der Waals surface area contributed by atoms with Crippen molar-refractivity contribution < 1.29 is 13.2 Å². The minimum atomic E-state index is -3.75. The number of imidazole rings is 1. The van der Waals surface area contributed by atoms with Gasteiger partial charge in [0.2, 0.25) is 10.0 Å². The van der Waals surface area contributed by atoms with Crippen molar-refractivity contribution in [3.8, 4) is 28.3 Å². The molecule has 3 N–H and O–H groups in total. The molecule has 0 aliphatic carbocycles. The molecule has 0 fully saturated rings. The van der Waals surface area contributed by atoms with Crippen LogP contribution in [0.4, 0.5) is 0 Å². The average molecular weight is 405 g/mol. The molecular formula is C22H19N3O3S. The number of nitrogens with two attached hydrogens (primary N) is 1. The van der Waals surface area contributed by atoms with Crippen molar-refractivity contribution in [2.75, 3.05) is 0 Å². The lowest BCUT2D eigenvalue weighted by molar-refractivity contribution is 0.297. The molecular weight excluding hydrogens is 386 g/mol. The monoisotopic (exact) mass is 405 g/mol. The van der Waals surface area contributed by atoms with Crippen LogP contribution in [0.3, 0.4) is 0 Å². The molecule has 6 nitrogen and oxygen atoms in total. The van der Waals surface area contributed by atoms with Gasteiger partial charge in [0, 0.05) is 11.1 Å². The van der Waals surface area contributed by atoms with Crippen molar-refractivity contribution in [2.45, 2.75) is 11.5 Å². The maximum Gasteiger partial charge on any atom is 0.238 e. The Morgan fingerprint density at radius 3 is 2.07 bits per heavy atom. The van der Waals surface area contributed by atoms with Gasteiger partial charge in [-0.05, 0) is 24.3 Å². The molecule has 0 saturated carbocycles. The third-order valence-corrected chi connectivity index (χ3v) is 5.32. The van der Waals surface area contributed by atoms with Crippen LogP contribution < -0.4 is 9.88 Å². The lowest BCUT2D eigenvalue weighted by Gasteiger charge is -2.04. The minimum Gasteiger partial charge on any atom is -0.486 e. The quantitative estimate of drug-likeness (QED) is 0.507. The number of ether oxygens (including phenoxy) is 1. The number of hydrogen-bond acceptors (Lipinski definition) is 4. The molecule has 1 heterocycles. The maximum absolute atomic E-state index is 11.5. The van der Waals surface area contributed by atoms with Gasteiger partial charge in [-0.1, -0.05) is 60.7 Å². The molecule has 0 aliphatic heterocycles. The Bertz CT molecular complexity index is 1200. The van der Waals surface area contributed by atoms with Crippen molar-refractivity contribution in [2.24, 2.45) is 5.14 Å². The lowest BCUT2D eigenvalue weighted by Crippen LogP contribution is -2.11. The van der Waals surface area contributed by atoms with E-state index in [0.717, 1.165) is 22.6 Å². The largest absolute Gasteiger partial charge is 0.486 e. The van der Waals surface area contributed by atoms with E-state index in [1.54, 1.807) is 12.1 Å². The fourth-order valence-corrected chi connectivity index (χ4v) is 3.50. The third kappa shape index (κ3) is 4.37. The lowest BCUT2D eigenvalue weighted by atomic mass is 10.1. The van der Waals surface area contributed by atoms with E-state index in [1.807, 2.05) is 60.7 Å². The van der Waals surface area contributed by atoms with Crippen molar-refractivity contribution in [3.63, 3.8) is 0 Å². The second kappa shape index (κ2) is 7.90. The van der Waals surface area contributed by atoms with E-state index < -0.39 is 10.0 Å². The van der Waals surface area contributed by atoms with Crippen LogP contribution in [0, 0.1) is 0 Å². The first kappa shape index (κ1) is 18.9. The third-order valence-electron chi connectivity index (χ3n) is 4.39. The van der Waals surface area contributed by atoms with Crippen LogP contribution in [-0.4, -0.2) is 18.4 Å². The molecule has 0 radical (unpaired) electrons. The number of para-hydroxylation sites is 1. The van der Waals surface area contributed by atoms with Gasteiger partial charge in [-0.3, -0.25) is 0 Å². The highest BCUT2D eigenvalue weighted by atomic mass is 32.2. The van der Waals surface area contributed by atoms with Crippen molar-refractivity contribution in [1.29, 1.82) is 0 Å². The van der Waals surface area contributed by atoms with Gasteiger partial charge < -0.3 is 9.72 Å². The number of H-pyrrole nitrogens is 1. The Morgan fingerprint density at radius 2 is 1.45 bits per heavy atom. The zero-order valence-electron chi connectivity index (χ0n) is 15.4. The molecule has 29 heavy (non-hydrogen) atoms. The molecule has 4 rings (SSSR count). The number of nitrogens with zero attached hydrogens (tertiary/aromatic N) is 1. The fraction of sp³-hybridized carbons (Fsp3) is 0.0455. The summed E-state index contributed by atoms with van der Waals surface area (Å²) in [5, 5.41) is 5.20. The van der Waals surface area contributed by atoms with E-state index in [1.165, 1.54) is 12.1 Å². The van der Waals surface area contributed by atoms with Crippen LogP contribution in [0.15, 0.2) is 89.8 Å². The summed E-state index contributed by atoms with van der Waals surface area (Å²) in [6.07, 6.45) is 0. The van der Waals surface area contributed by atoms with Crippen LogP contribution in [0.2, 0.25) is 0 Å². The molecule has 146 valence electrons. The highest BCUT2D eigenvalue weighted by molar-refractivity contribution is 7.89. The minimum absolute atomic E-state index is 0.0608. The van der Waals surface area contributed by atoms with E-state index in [-0.39, 0.29) is 11.5 Å². The maximum atomic E-state index is 11.5. The van der Waals surface area contributed by atoms with Gasteiger partial charge in [0.1, 0.15) is 18.2 Å². The molecule has 0 saturated heterocycles. The van der Waals surface area contributed by atoms with Gasteiger partial charge in [0.25, 0.3) is 0 Å². The Kier molecular flexibility index (Phi) is 5.16. The summed E-state index contributed by atoms with van der Waals surface area (Å²) in [6.45, 7) is 0.277. The van der Waals surface area contributed by atoms with Crippen LogP contribution in [-0.2, 0) is 16.6 Å². The number of nitrogens with one attached hydrogen (secondary N) is 1. The van der Waals surface area contributed by atoms with E-state index in [2.05, 4.69) is 4.98 Å². The highest BCUT2D eigenvalue weighted by Gasteiger charge is 2.16. The summed E-state index contributed by atoms with van der Waals surface area (Å²) >= 11 is 0. The Labute approximate surface area is 169 Å². The summed E-state index contributed by atoms with van der Waals surface area (Å²) in [5.41, 5.74) is 3.29. The Morgan fingerprint density at radius 1 is 0.828 bits per heavy atom. The van der Waals surface area contributed by atoms with Crippen molar-refractivity contribution >= 4 is 10.0 Å². The number of aromatic nitrogens is 2. The highest BCUT2D eigenvalue weighted by Crippen LogP contribution is 2.31. The number of sulfonamides is 1. The first-order valence-corrected chi connectivity index (χ1v) is 10.5. The van der Waals surface area contributed by atoms with Gasteiger partial charge in [0.05, 0.1) is 16.3 Å². The molecule has 0 atom stereocenters. The number of aromatic amines is 1. The summed E-state index contributed by atoms with van der Waals surface area (Å²) in [6, 6.07) is 25.7. The van der Waals surface area contributed by atoms with Crippen LogP contribution in [0.1, 0.15) is 5.82 Å². The Balaban J connectivity index is 1.70. The summed E-state index contributed by atoms with van der Waals surface area (Å²) < 4.78 is 28.9. The molecule has 0 spiro atoms. The molecule has 0 aliphatic rings. The number of rotatable bonds is 6. The summed E-state index contributed by atoms with van der Waals surface area (Å²) in [4.78, 5) is 8.10. The second-order valence-corrected chi connectivity index (χ2v) is 8.01. The zero-order valence-corrected chi connectivity index (χ0v) is 16.3. The first-order valence-electron chi connectivity index (χ1n) is 8.96. The van der Waals surface area contributed by atoms with E-state index in [9.17, 15) is 8.42 Å². The SMILES string of the molecule is NS(=O)(=O)c1ccc(-c2nc(COc3ccccc3)[nH]c2-c2ccccc2)cc1. The topological polar surface area (TPSA) is 98.1 Å². The first-order chi connectivity index (χ1) is 14.0. The smallest absolute Gasteiger partial charge is 0.238 e. The van der Waals surface area contributed by atoms with E-state index >= 15 is 0 Å². The standard InChI is InChI=1S/C22H19N3O3S/c23-29(26,27)19-13-11-17(12-14-19)22-21(16-7-3-1-4-8-16)24-20(25-22)15-28-18-9-5-2-6-10-18/h1-14H,15H2,(H,24,25)(H2,23,26,27). The van der Waals surface area contributed by atoms with E-state index in [0.29, 0.717) is 11.5 Å². The summed E-state index contributed by atoms with van der Waals surface area (Å²) in [5.74, 6) is 1.42. The Hall–Kier alpha value is -3.42. The van der Waals surface area contributed by atoms with Crippen molar-refractivity contribution in [3.05, 3.63) is 90.8 Å². The summed E-state index contributed by atoms with van der Waals surface area (Å²) in [7, 11) is -3.75. The molecule has 0 amide bonds. The van der Waals surface area contributed by atoms with Gasteiger partial charge in [0.15, 0.2) is 0 Å². The molecule has 7 heteroatoms. The molecule has 3 aromatic carbocycles. The van der Waals surface area contributed by atoms with Crippen LogP contribution in [0.25, 0.3) is 22.5 Å². The molecule has 4 aromatic rings. The number of primary sulfonamides is 1. The molecule has 0 unspecified atom stereocenters. The fourth-order valence-electron chi connectivity index (χ4n) is 2.98. The zero-order chi connectivity index (χ0) is 20.3. The predicted molar refractivity (Wildman–Crippen MR) is 112 cm³/mol. The predicted octanol–water partition coefficient (Wildman–Crippen LogP) is 3.97. The van der Waals surface area contributed by atoms with Gasteiger partial charge >= 0.3 is 0 Å². The normalized spacial score (nSPS) is 11.3. The molecule has 1 aromatic heterocycles. The van der Waals surface area contributed by atoms with E-state index in [4.69, 9.17) is 14.9 Å². The van der Waals surface area contributed by atoms with Gasteiger partial charge in [-0.15, -0.1) is 0 Å². The average Bonchev–Trinajstić information content (AvgIpc) is 3.17. The van der Waals surface area contributed by atoms with Gasteiger partial charge in [-0.2, -0.15) is 0 Å². The van der Waals surface area contributed by atoms with Gasteiger partial charge in [-0.25, -0.2) is 18.5 Å². The number of hydrogen-bond donors (Lipinski definition) is 2. The van der Waals surface area contributed by atoms with Crippen molar-refractivity contribution in [1.82, 2.24) is 9.97 Å². The molecule has 0 bridgehead atoms. The second-order valence-electron chi connectivity index (χ2n) is 6.44.